The standard InChI is InChI=1S/C15H31NO3/c1-12(2)11-19-14-10-13(15(14,3)4)16-6-7-18-9-8-17-5/h12-14,16H,6-11H2,1-5H3. The lowest BCUT2D eigenvalue weighted by Gasteiger charge is -2.52. The molecule has 1 aliphatic carbocycles. The predicted molar refractivity (Wildman–Crippen MR) is 77.5 cm³/mol. The lowest BCUT2D eigenvalue weighted by Crippen LogP contribution is -2.61. The monoisotopic (exact) mass is 273 g/mol. The van der Waals surface area contributed by atoms with Gasteiger partial charge in [-0.3, -0.25) is 0 Å². The summed E-state index contributed by atoms with van der Waals surface area (Å²) in [6.07, 6.45) is 1.50. The zero-order valence-corrected chi connectivity index (χ0v) is 13.2. The van der Waals surface area contributed by atoms with Gasteiger partial charge < -0.3 is 19.5 Å². The highest BCUT2D eigenvalue weighted by Gasteiger charge is 2.48. The molecular formula is C15H31NO3. The third-order valence-electron chi connectivity index (χ3n) is 3.88. The Balaban J connectivity index is 2.09. The number of nitrogens with one attached hydrogen (secondary N) is 1. The number of rotatable bonds is 10. The first-order chi connectivity index (χ1) is 8.98. The lowest BCUT2D eigenvalue weighted by atomic mass is 9.64. The van der Waals surface area contributed by atoms with Crippen LogP contribution in [0.25, 0.3) is 0 Å². The van der Waals surface area contributed by atoms with Crippen LogP contribution >= 0.6 is 0 Å². The van der Waals surface area contributed by atoms with E-state index in [1.807, 2.05) is 0 Å². The smallest absolute Gasteiger partial charge is 0.0700 e. The molecule has 1 N–H and O–H groups in total. The molecule has 2 unspecified atom stereocenters. The van der Waals surface area contributed by atoms with Gasteiger partial charge in [0.1, 0.15) is 0 Å². The highest BCUT2D eigenvalue weighted by Crippen LogP contribution is 2.42. The van der Waals surface area contributed by atoms with Crippen molar-refractivity contribution >= 4 is 0 Å². The number of hydrogen-bond donors (Lipinski definition) is 1. The summed E-state index contributed by atoms with van der Waals surface area (Å²) < 4.78 is 16.3. The van der Waals surface area contributed by atoms with Gasteiger partial charge in [-0.25, -0.2) is 0 Å². The van der Waals surface area contributed by atoms with Crippen molar-refractivity contribution in [3.63, 3.8) is 0 Å². The highest BCUT2D eigenvalue weighted by atomic mass is 16.5. The van der Waals surface area contributed by atoms with E-state index in [2.05, 4.69) is 33.0 Å². The molecule has 0 saturated heterocycles. The molecule has 0 spiro atoms. The molecule has 0 aromatic heterocycles. The third kappa shape index (κ3) is 5.38. The Morgan fingerprint density at radius 2 is 1.95 bits per heavy atom. The fourth-order valence-electron chi connectivity index (χ4n) is 2.37. The van der Waals surface area contributed by atoms with Gasteiger partial charge in [-0.1, -0.05) is 27.7 Å². The van der Waals surface area contributed by atoms with Gasteiger partial charge >= 0.3 is 0 Å². The van der Waals surface area contributed by atoms with Gasteiger partial charge in [-0.05, 0) is 12.3 Å². The van der Waals surface area contributed by atoms with Crippen molar-refractivity contribution in [2.45, 2.75) is 46.3 Å². The second-order valence-corrected chi connectivity index (χ2v) is 6.38. The van der Waals surface area contributed by atoms with E-state index in [0.29, 0.717) is 31.3 Å². The van der Waals surface area contributed by atoms with Crippen LogP contribution in [0.4, 0.5) is 0 Å². The maximum atomic E-state index is 5.96. The average molecular weight is 273 g/mol. The van der Waals surface area contributed by atoms with E-state index >= 15 is 0 Å². The van der Waals surface area contributed by atoms with Gasteiger partial charge in [0, 0.05) is 31.7 Å². The molecule has 19 heavy (non-hydrogen) atoms. The summed E-state index contributed by atoms with van der Waals surface area (Å²) in [7, 11) is 1.69. The van der Waals surface area contributed by atoms with Crippen LogP contribution in [0.15, 0.2) is 0 Å². The Kier molecular flexibility index (Phi) is 7.29. The van der Waals surface area contributed by atoms with E-state index in [-0.39, 0.29) is 5.41 Å². The summed E-state index contributed by atoms with van der Waals surface area (Å²) >= 11 is 0. The molecule has 2 atom stereocenters. The fourth-order valence-corrected chi connectivity index (χ4v) is 2.37. The number of methoxy groups -OCH3 is 1. The van der Waals surface area contributed by atoms with Gasteiger partial charge in [0.25, 0.3) is 0 Å². The van der Waals surface area contributed by atoms with Crippen LogP contribution in [0, 0.1) is 11.3 Å². The van der Waals surface area contributed by atoms with Crippen LogP contribution in [0.2, 0.25) is 0 Å². The molecule has 1 rings (SSSR count). The van der Waals surface area contributed by atoms with Gasteiger partial charge in [0.05, 0.1) is 25.9 Å². The van der Waals surface area contributed by atoms with Crippen molar-refractivity contribution in [2.24, 2.45) is 11.3 Å². The van der Waals surface area contributed by atoms with Crippen molar-refractivity contribution in [1.29, 1.82) is 0 Å². The summed E-state index contributed by atoms with van der Waals surface area (Å²) in [6.45, 7) is 12.8. The first-order valence-electron chi connectivity index (χ1n) is 7.40. The first-order valence-corrected chi connectivity index (χ1v) is 7.40. The quantitative estimate of drug-likeness (QED) is 0.619. The first kappa shape index (κ1) is 16.9. The molecule has 0 heterocycles. The second-order valence-electron chi connectivity index (χ2n) is 6.38. The summed E-state index contributed by atoms with van der Waals surface area (Å²) in [4.78, 5) is 0. The molecule has 0 bridgehead atoms. The van der Waals surface area contributed by atoms with Crippen LogP contribution in [0.3, 0.4) is 0 Å². The maximum absolute atomic E-state index is 5.96. The van der Waals surface area contributed by atoms with E-state index in [4.69, 9.17) is 14.2 Å². The Bertz CT molecular complexity index is 244. The van der Waals surface area contributed by atoms with Crippen molar-refractivity contribution in [2.75, 3.05) is 40.1 Å². The molecule has 4 heteroatoms. The normalized spacial score (nSPS) is 25.6. The van der Waals surface area contributed by atoms with E-state index in [1.165, 1.54) is 0 Å². The van der Waals surface area contributed by atoms with E-state index in [1.54, 1.807) is 7.11 Å². The lowest BCUT2D eigenvalue weighted by molar-refractivity contribution is -0.124. The summed E-state index contributed by atoms with van der Waals surface area (Å²) in [6, 6.07) is 0.538. The van der Waals surface area contributed by atoms with Crippen LogP contribution in [0.5, 0.6) is 0 Å². The van der Waals surface area contributed by atoms with E-state index in [9.17, 15) is 0 Å². The van der Waals surface area contributed by atoms with Gasteiger partial charge in [0.15, 0.2) is 0 Å². The molecule has 114 valence electrons. The van der Waals surface area contributed by atoms with Crippen molar-refractivity contribution < 1.29 is 14.2 Å². The third-order valence-corrected chi connectivity index (χ3v) is 3.88. The molecule has 1 fully saturated rings. The largest absolute Gasteiger partial charge is 0.382 e. The van der Waals surface area contributed by atoms with Crippen molar-refractivity contribution in [3.8, 4) is 0 Å². The minimum absolute atomic E-state index is 0.224. The minimum atomic E-state index is 0.224. The predicted octanol–water partition coefficient (Wildman–Crippen LogP) is 2.08. The van der Waals surface area contributed by atoms with E-state index in [0.717, 1.165) is 26.2 Å². The summed E-state index contributed by atoms with van der Waals surface area (Å²) in [5.41, 5.74) is 0.224. The Labute approximate surface area is 118 Å². The topological polar surface area (TPSA) is 39.7 Å². The van der Waals surface area contributed by atoms with Gasteiger partial charge in [0.2, 0.25) is 0 Å². The van der Waals surface area contributed by atoms with Crippen LogP contribution in [-0.4, -0.2) is 52.2 Å². The van der Waals surface area contributed by atoms with Gasteiger partial charge in [-0.2, -0.15) is 0 Å². The zero-order valence-electron chi connectivity index (χ0n) is 13.2. The Morgan fingerprint density at radius 3 is 2.53 bits per heavy atom. The Hall–Kier alpha value is -0.160. The highest BCUT2D eigenvalue weighted by molar-refractivity contribution is 5.02. The molecular weight excluding hydrogens is 242 g/mol. The molecule has 1 saturated carbocycles. The molecule has 0 aromatic rings. The van der Waals surface area contributed by atoms with Crippen molar-refractivity contribution in [1.82, 2.24) is 5.32 Å². The Morgan fingerprint density at radius 1 is 1.21 bits per heavy atom. The SMILES string of the molecule is COCCOCCNC1CC(OCC(C)C)C1(C)C. The molecule has 0 radical (unpaired) electrons. The second kappa shape index (κ2) is 8.20. The molecule has 4 nitrogen and oxygen atoms in total. The molecule has 0 aliphatic heterocycles. The van der Waals surface area contributed by atoms with Gasteiger partial charge in [-0.15, -0.1) is 0 Å². The fraction of sp³-hybridized carbons (Fsp3) is 1.00. The van der Waals surface area contributed by atoms with Crippen molar-refractivity contribution in [3.05, 3.63) is 0 Å². The van der Waals surface area contributed by atoms with E-state index < -0.39 is 0 Å². The molecule has 1 aliphatic rings. The number of hydrogen-bond acceptors (Lipinski definition) is 4. The summed E-state index contributed by atoms with van der Waals surface area (Å²) in [5, 5.41) is 3.56. The molecule has 0 aromatic carbocycles. The average Bonchev–Trinajstić information content (AvgIpc) is 2.34. The van der Waals surface area contributed by atoms with Crippen LogP contribution < -0.4 is 5.32 Å². The van der Waals surface area contributed by atoms with Crippen LogP contribution in [-0.2, 0) is 14.2 Å². The maximum Gasteiger partial charge on any atom is 0.0700 e. The van der Waals surface area contributed by atoms with Crippen LogP contribution in [0.1, 0.15) is 34.1 Å². The minimum Gasteiger partial charge on any atom is -0.382 e. The zero-order chi connectivity index (χ0) is 14.3. The number of ether oxygens (including phenoxy) is 3. The molecule has 0 amide bonds. The summed E-state index contributed by atoms with van der Waals surface area (Å²) in [5.74, 6) is 0.608.